The fourth-order valence-corrected chi connectivity index (χ4v) is 4.21. The summed E-state index contributed by atoms with van der Waals surface area (Å²) in [5, 5.41) is 3.08. The molecule has 3 N–H and O–H groups in total. The van der Waals surface area contributed by atoms with Crippen LogP contribution in [0.4, 0.5) is 35.0 Å². The molecule has 4 nitrogen and oxygen atoms in total. The Morgan fingerprint density at radius 2 is 1.58 bits per heavy atom. The Morgan fingerprint density at radius 3 is 2.11 bits per heavy atom. The fraction of sp³-hybridized carbons (Fsp3) is 0.345. The number of aryl methyl sites for hydroxylation is 1. The van der Waals surface area contributed by atoms with Crippen molar-refractivity contribution in [2.45, 2.75) is 59.1 Å². The summed E-state index contributed by atoms with van der Waals surface area (Å²) < 4.78 is 38.8. The highest BCUT2D eigenvalue weighted by Gasteiger charge is 2.30. The van der Waals surface area contributed by atoms with Gasteiger partial charge in [0.15, 0.2) is 0 Å². The third kappa shape index (κ3) is 6.39. The van der Waals surface area contributed by atoms with Gasteiger partial charge in [-0.05, 0) is 77.8 Å². The molecule has 3 aromatic rings. The van der Waals surface area contributed by atoms with E-state index in [4.69, 9.17) is 5.73 Å². The van der Waals surface area contributed by atoms with Crippen LogP contribution < -0.4 is 16.0 Å². The molecule has 0 saturated heterocycles. The van der Waals surface area contributed by atoms with Crippen molar-refractivity contribution in [1.82, 2.24) is 0 Å². The molecule has 0 saturated carbocycles. The Labute approximate surface area is 211 Å². The minimum atomic E-state index is -4.38. The average Bonchev–Trinajstić information content (AvgIpc) is 2.84. The number of alkyl halides is 3. The molecule has 192 valence electrons. The van der Waals surface area contributed by atoms with E-state index >= 15 is 0 Å². The number of nitrogen functional groups attached to an aromatic ring is 1. The molecule has 7 heteroatoms. The van der Waals surface area contributed by atoms with Gasteiger partial charge in [0.2, 0.25) is 0 Å². The number of nitrogens with one attached hydrogen (secondary N) is 1. The second-order valence-electron chi connectivity index (χ2n) is 9.15. The molecule has 0 fully saturated rings. The molecular weight excluding hydrogens is 463 g/mol. The van der Waals surface area contributed by atoms with Gasteiger partial charge in [-0.3, -0.25) is 4.90 Å². The minimum absolute atomic E-state index is 0.295. The van der Waals surface area contributed by atoms with Gasteiger partial charge in [-0.1, -0.05) is 58.0 Å². The van der Waals surface area contributed by atoms with Crippen molar-refractivity contribution in [3.8, 4) is 0 Å². The van der Waals surface area contributed by atoms with E-state index in [1.807, 2.05) is 50.2 Å². The number of nitrogens with zero attached hydrogens (tertiary/aromatic N) is 1. The van der Waals surface area contributed by atoms with Crippen LogP contribution in [0.3, 0.4) is 0 Å². The van der Waals surface area contributed by atoms with Crippen LogP contribution in [0.15, 0.2) is 60.7 Å². The molecule has 0 unspecified atom stereocenters. The van der Waals surface area contributed by atoms with Gasteiger partial charge in [0.1, 0.15) is 0 Å². The van der Waals surface area contributed by atoms with Crippen molar-refractivity contribution in [3.63, 3.8) is 0 Å². The van der Waals surface area contributed by atoms with Crippen molar-refractivity contribution in [2.24, 2.45) is 0 Å². The second kappa shape index (κ2) is 11.5. The number of rotatable bonds is 8. The van der Waals surface area contributed by atoms with E-state index in [9.17, 15) is 18.0 Å². The van der Waals surface area contributed by atoms with E-state index in [0.29, 0.717) is 42.2 Å². The van der Waals surface area contributed by atoms with Crippen LogP contribution in [0.5, 0.6) is 0 Å². The summed E-state index contributed by atoms with van der Waals surface area (Å²) in [5.74, 6) is 0.347. The monoisotopic (exact) mass is 497 g/mol. The number of hydrogen-bond donors (Lipinski definition) is 2. The highest BCUT2D eigenvalue weighted by molar-refractivity contribution is 6.03. The molecule has 0 aromatic heterocycles. The molecule has 0 radical (unpaired) electrons. The number of carbonyl (C=O) groups excluding carboxylic acids is 1. The first-order valence-electron chi connectivity index (χ1n) is 12.3. The molecular formula is C29H34F3N3O. The van der Waals surface area contributed by atoms with Gasteiger partial charge >= 0.3 is 12.2 Å². The Balaban J connectivity index is 1.90. The van der Waals surface area contributed by atoms with E-state index < -0.39 is 11.7 Å². The molecule has 0 bridgehead atoms. The SMILES string of the molecule is CCc1ccc(N)c(CC)c1NC(=O)N(CCc1ccc(C(F)(F)F)cc1)c1ccc(C(C)C)cc1. The number of carbonyl (C=O) groups is 1. The molecule has 0 aliphatic carbocycles. The lowest BCUT2D eigenvalue weighted by Crippen LogP contribution is -2.37. The van der Waals surface area contributed by atoms with E-state index in [1.165, 1.54) is 12.1 Å². The summed E-state index contributed by atoms with van der Waals surface area (Å²) >= 11 is 0. The van der Waals surface area contributed by atoms with Crippen LogP contribution >= 0.6 is 0 Å². The van der Waals surface area contributed by atoms with Crippen LogP contribution in [-0.2, 0) is 25.4 Å². The van der Waals surface area contributed by atoms with Crippen LogP contribution in [0.1, 0.15) is 61.4 Å². The number of nitrogens with two attached hydrogens (primary N) is 1. The van der Waals surface area contributed by atoms with Gasteiger partial charge in [-0.2, -0.15) is 13.2 Å². The fourth-order valence-electron chi connectivity index (χ4n) is 4.21. The first-order valence-corrected chi connectivity index (χ1v) is 12.3. The Bertz CT molecular complexity index is 1170. The zero-order valence-corrected chi connectivity index (χ0v) is 21.2. The Kier molecular flexibility index (Phi) is 8.66. The maximum Gasteiger partial charge on any atom is 0.416 e. The number of benzene rings is 3. The number of urea groups is 1. The summed E-state index contributed by atoms with van der Waals surface area (Å²) in [5.41, 5.74) is 11.3. The molecule has 0 spiro atoms. The molecule has 36 heavy (non-hydrogen) atoms. The van der Waals surface area contributed by atoms with Gasteiger partial charge in [0.05, 0.1) is 11.3 Å². The zero-order valence-electron chi connectivity index (χ0n) is 21.2. The van der Waals surface area contributed by atoms with Gasteiger partial charge in [-0.25, -0.2) is 4.79 Å². The van der Waals surface area contributed by atoms with Crippen molar-refractivity contribution >= 4 is 23.1 Å². The number of halogens is 3. The van der Waals surface area contributed by atoms with E-state index in [-0.39, 0.29) is 6.03 Å². The molecule has 0 aliphatic rings. The van der Waals surface area contributed by atoms with Gasteiger partial charge < -0.3 is 11.1 Å². The van der Waals surface area contributed by atoms with Crippen LogP contribution in [-0.4, -0.2) is 12.6 Å². The Morgan fingerprint density at radius 1 is 0.944 bits per heavy atom. The summed E-state index contributed by atoms with van der Waals surface area (Å²) in [6.07, 6.45) is -2.58. The molecule has 0 heterocycles. The predicted molar refractivity (Wildman–Crippen MR) is 142 cm³/mol. The number of anilines is 3. The first kappa shape index (κ1) is 27.1. The third-order valence-corrected chi connectivity index (χ3v) is 6.42. The Hall–Kier alpha value is -3.48. The van der Waals surface area contributed by atoms with E-state index in [2.05, 4.69) is 19.2 Å². The summed E-state index contributed by atoms with van der Waals surface area (Å²) in [6, 6.07) is 16.3. The number of amides is 2. The van der Waals surface area contributed by atoms with Crippen LogP contribution in [0.25, 0.3) is 0 Å². The summed E-state index contributed by atoms with van der Waals surface area (Å²) in [7, 11) is 0. The lowest BCUT2D eigenvalue weighted by atomic mass is 10.0. The molecule has 0 atom stereocenters. The minimum Gasteiger partial charge on any atom is -0.398 e. The molecule has 3 rings (SSSR count). The standard InChI is InChI=1S/C29H34F3N3O/c1-5-21-11-16-26(33)25(6-2)27(21)34-28(36)35(24-14-9-22(10-15-24)19(3)4)18-17-20-7-12-23(13-8-20)29(30,31)32/h7-16,19H,5-6,17-18,33H2,1-4H3,(H,34,36). The van der Waals surface area contributed by atoms with Gasteiger partial charge in [0.25, 0.3) is 0 Å². The second-order valence-corrected chi connectivity index (χ2v) is 9.15. The normalized spacial score (nSPS) is 11.6. The molecule has 3 aromatic carbocycles. The predicted octanol–water partition coefficient (Wildman–Crippen LogP) is 7.82. The smallest absolute Gasteiger partial charge is 0.398 e. The zero-order chi connectivity index (χ0) is 26.5. The van der Waals surface area contributed by atoms with E-state index in [1.54, 1.807) is 4.90 Å². The molecule has 2 amide bonds. The average molecular weight is 498 g/mol. The van der Waals surface area contributed by atoms with Crippen molar-refractivity contribution < 1.29 is 18.0 Å². The highest BCUT2D eigenvalue weighted by Crippen LogP contribution is 2.31. The summed E-state index contributed by atoms with van der Waals surface area (Å²) in [6.45, 7) is 8.51. The van der Waals surface area contributed by atoms with Crippen LogP contribution in [0.2, 0.25) is 0 Å². The van der Waals surface area contributed by atoms with Crippen LogP contribution in [0, 0.1) is 0 Å². The molecule has 0 aliphatic heterocycles. The van der Waals surface area contributed by atoms with Crippen molar-refractivity contribution in [3.05, 3.63) is 88.5 Å². The topological polar surface area (TPSA) is 58.4 Å². The quantitative estimate of drug-likeness (QED) is 0.312. The maximum atomic E-state index is 13.6. The number of hydrogen-bond acceptors (Lipinski definition) is 2. The van der Waals surface area contributed by atoms with Gasteiger partial charge in [0, 0.05) is 17.9 Å². The first-order chi connectivity index (χ1) is 17.0. The summed E-state index contributed by atoms with van der Waals surface area (Å²) in [4.78, 5) is 15.2. The lowest BCUT2D eigenvalue weighted by Gasteiger charge is -2.26. The van der Waals surface area contributed by atoms with E-state index in [0.717, 1.165) is 40.9 Å². The maximum absolute atomic E-state index is 13.6. The third-order valence-electron chi connectivity index (χ3n) is 6.42. The largest absolute Gasteiger partial charge is 0.416 e. The lowest BCUT2D eigenvalue weighted by molar-refractivity contribution is -0.137. The highest BCUT2D eigenvalue weighted by atomic mass is 19.4. The van der Waals surface area contributed by atoms with Crippen molar-refractivity contribution in [2.75, 3.05) is 22.5 Å². The van der Waals surface area contributed by atoms with Gasteiger partial charge in [-0.15, -0.1) is 0 Å². The van der Waals surface area contributed by atoms with Crippen molar-refractivity contribution in [1.29, 1.82) is 0 Å².